The molecule has 6 heteroatoms. The van der Waals surface area contributed by atoms with E-state index in [-0.39, 0.29) is 18.0 Å². The predicted molar refractivity (Wildman–Crippen MR) is 68.0 cm³/mol. The number of carbonyl (C=O) groups is 2. The minimum absolute atomic E-state index is 0.0104. The molecular weight excluding hydrogens is 250 g/mol. The summed E-state index contributed by atoms with van der Waals surface area (Å²) < 4.78 is 0. The second-order valence-electron chi connectivity index (χ2n) is 4.30. The lowest BCUT2D eigenvalue weighted by molar-refractivity contribution is -0.125. The normalized spacial score (nSPS) is 22.9. The van der Waals surface area contributed by atoms with Gasteiger partial charge in [0.25, 0.3) is 5.91 Å². The summed E-state index contributed by atoms with van der Waals surface area (Å²) in [6, 6.07) is 1.38. The van der Waals surface area contributed by atoms with E-state index in [2.05, 4.69) is 10.6 Å². The van der Waals surface area contributed by atoms with E-state index >= 15 is 0 Å². The Kier molecular flexibility index (Phi) is 2.59. The number of hydrogen-bond acceptors (Lipinski definition) is 3. The highest BCUT2D eigenvalue weighted by Crippen LogP contribution is 2.32. The second kappa shape index (κ2) is 4.13. The Labute approximate surface area is 108 Å². The van der Waals surface area contributed by atoms with Gasteiger partial charge in [-0.15, -0.1) is 0 Å². The van der Waals surface area contributed by atoms with Gasteiger partial charge in [0, 0.05) is 6.54 Å². The zero-order chi connectivity index (χ0) is 12.7. The number of nitrogens with zero attached hydrogens (tertiary/aromatic N) is 1. The number of urea groups is 1. The van der Waals surface area contributed by atoms with Crippen molar-refractivity contribution in [1.29, 1.82) is 0 Å². The minimum atomic E-state index is -0.316. The third-order valence-electron chi connectivity index (χ3n) is 3.28. The van der Waals surface area contributed by atoms with Gasteiger partial charge in [0.1, 0.15) is 0 Å². The van der Waals surface area contributed by atoms with E-state index in [1.165, 1.54) is 0 Å². The molecule has 5 nitrogen and oxygen atoms in total. The molecule has 0 aliphatic carbocycles. The molecule has 94 valence electrons. The van der Waals surface area contributed by atoms with Crippen molar-refractivity contribution in [3.63, 3.8) is 0 Å². The molecule has 2 N–H and O–H groups in total. The zero-order valence-electron chi connectivity index (χ0n) is 9.90. The molecule has 0 saturated carbocycles. The SMILES string of the molecule is CCN1CC2=C(C1=O)C(c1ccsc1)NC(=O)N2. The molecule has 2 aliphatic rings. The van der Waals surface area contributed by atoms with Gasteiger partial charge in [-0.2, -0.15) is 11.3 Å². The van der Waals surface area contributed by atoms with Crippen LogP contribution < -0.4 is 10.6 Å². The summed E-state index contributed by atoms with van der Waals surface area (Å²) in [7, 11) is 0. The average Bonchev–Trinajstić information content (AvgIpc) is 2.96. The van der Waals surface area contributed by atoms with E-state index in [0.29, 0.717) is 18.7 Å². The van der Waals surface area contributed by atoms with Crippen molar-refractivity contribution >= 4 is 23.3 Å². The largest absolute Gasteiger partial charge is 0.333 e. The smallest absolute Gasteiger partial charge is 0.319 e. The maximum absolute atomic E-state index is 12.3. The molecule has 0 radical (unpaired) electrons. The van der Waals surface area contributed by atoms with Gasteiger partial charge >= 0.3 is 6.03 Å². The Morgan fingerprint density at radius 2 is 2.33 bits per heavy atom. The van der Waals surface area contributed by atoms with Crippen molar-refractivity contribution in [1.82, 2.24) is 15.5 Å². The quantitative estimate of drug-likeness (QED) is 0.842. The average molecular weight is 263 g/mol. The summed E-state index contributed by atoms with van der Waals surface area (Å²) in [5, 5.41) is 9.46. The van der Waals surface area contributed by atoms with Crippen molar-refractivity contribution in [3.05, 3.63) is 33.7 Å². The van der Waals surface area contributed by atoms with Gasteiger partial charge in [-0.25, -0.2) is 4.79 Å². The molecule has 0 fully saturated rings. The van der Waals surface area contributed by atoms with Crippen molar-refractivity contribution < 1.29 is 9.59 Å². The van der Waals surface area contributed by atoms with E-state index in [0.717, 1.165) is 11.3 Å². The summed E-state index contributed by atoms with van der Waals surface area (Å²) >= 11 is 1.56. The molecule has 0 spiro atoms. The number of amides is 3. The summed E-state index contributed by atoms with van der Waals surface area (Å²) in [5.74, 6) is 0.0104. The first-order chi connectivity index (χ1) is 8.70. The molecule has 1 atom stereocenters. The van der Waals surface area contributed by atoms with Gasteiger partial charge in [-0.05, 0) is 29.3 Å². The van der Waals surface area contributed by atoms with Crippen molar-refractivity contribution in [3.8, 4) is 0 Å². The van der Waals surface area contributed by atoms with E-state index in [1.807, 2.05) is 23.8 Å². The van der Waals surface area contributed by atoms with Crippen LogP contribution in [0.15, 0.2) is 28.1 Å². The van der Waals surface area contributed by atoms with Crippen LogP contribution in [-0.4, -0.2) is 29.9 Å². The molecule has 2 aliphatic heterocycles. The lowest BCUT2D eigenvalue weighted by Gasteiger charge is -2.24. The van der Waals surface area contributed by atoms with Crippen LogP contribution in [0.4, 0.5) is 4.79 Å². The molecule has 0 saturated heterocycles. The van der Waals surface area contributed by atoms with E-state index in [4.69, 9.17) is 0 Å². The zero-order valence-corrected chi connectivity index (χ0v) is 10.7. The monoisotopic (exact) mass is 263 g/mol. The number of carbonyl (C=O) groups excluding carboxylic acids is 2. The van der Waals surface area contributed by atoms with Gasteiger partial charge < -0.3 is 15.5 Å². The molecule has 0 bridgehead atoms. The first kappa shape index (κ1) is 11.3. The standard InChI is InChI=1S/C12H13N3O2S/c1-2-15-5-8-9(11(15)16)10(14-12(17)13-8)7-3-4-18-6-7/h3-4,6,10H,2,5H2,1H3,(H2,13,14,17). The summed E-state index contributed by atoms with van der Waals surface area (Å²) in [6.07, 6.45) is 0. The maximum atomic E-state index is 12.3. The summed E-state index contributed by atoms with van der Waals surface area (Å²) in [5.41, 5.74) is 2.38. The fraction of sp³-hybridized carbons (Fsp3) is 0.333. The van der Waals surface area contributed by atoms with Crippen LogP contribution in [0.2, 0.25) is 0 Å². The third kappa shape index (κ3) is 1.60. The molecular formula is C12H13N3O2S. The first-order valence-corrected chi connectivity index (χ1v) is 6.77. The number of hydrogen-bond donors (Lipinski definition) is 2. The van der Waals surface area contributed by atoms with Gasteiger partial charge in [0.2, 0.25) is 0 Å². The van der Waals surface area contributed by atoms with Crippen LogP contribution in [0, 0.1) is 0 Å². The highest BCUT2D eigenvalue weighted by Gasteiger charge is 2.39. The summed E-state index contributed by atoms with van der Waals surface area (Å²) in [6.45, 7) is 3.09. The summed E-state index contributed by atoms with van der Waals surface area (Å²) in [4.78, 5) is 25.6. The van der Waals surface area contributed by atoms with Crippen LogP contribution in [-0.2, 0) is 4.79 Å². The first-order valence-electron chi connectivity index (χ1n) is 5.82. The van der Waals surface area contributed by atoms with Crippen LogP contribution in [0.25, 0.3) is 0 Å². The Bertz CT molecular complexity index is 536. The number of nitrogens with one attached hydrogen (secondary N) is 2. The Balaban J connectivity index is 2.02. The van der Waals surface area contributed by atoms with Crippen molar-refractivity contribution in [2.75, 3.05) is 13.1 Å². The van der Waals surface area contributed by atoms with E-state index in [9.17, 15) is 9.59 Å². The topological polar surface area (TPSA) is 61.4 Å². The third-order valence-corrected chi connectivity index (χ3v) is 3.98. The molecule has 1 unspecified atom stereocenters. The maximum Gasteiger partial charge on any atom is 0.319 e. The van der Waals surface area contributed by atoms with Crippen LogP contribution in [0.1, 0.15) is 18.5 Å². The van der Waals surface area contributed by atoms with Gasteiger partial charge in [-0.3, -0.25) is 4.79 Å². The molecule has 3 amide bonds. The number of rotatable bonds is 2. The molecule has 0 aromatic carbocycles. The van der Waals surface area contributed by atoms with E-state index in [1.54, 1.807) is 16.2 Å². The van der Waals surface area contributed by atoms with Gasteiger partial charge in [0.15, 0.2) is 0 Å². The van der Waals surface area contributed by atoms with Crippen LogP contribution in [0.5, 0.6) is 0 Å². The molecule has 3 rings (SSSR count). The number of thiophene rings is 1. The van der Waals surface area contributed by atoms with Gasteiger partial charge in [-0.1, -0.05) is 0 Å². The molecule has 1 aromatic heterocycles. The Hall–Kier alpha value is -1.82. The Morgan fingerprint density at radius 3 is 3.00 bits per heavy atom. The lowest BCUT2D eigenvalue weighted by Crippen LogP contribution is -2.44. The second-order valence-corrected chi connectivity index (χ2v) is 5.08. The molecule has 18 heavy (non-hydrogen) atoms. The van der Waals surface area contributed by atoms with E-state index < -0.39 is 0 Å². The molecule has 3 heterocycles. The van der Waals surface area contributed by atoms with Crippen LogP contribution in [0.3, 0.4) is 0 Å². The van der Waals surface area contributed by atoms with Crippen molar-refractivity contribution in [2.45, 2.75) is 13.0 Å². The fourth-order valence-corrected chi connectivity index (χ4v) is 3.06. The highest BCUT2D eigenvalue weighted by molar-refractivity contribution is 7.08. The minimum Gasteiger partial charge on any atom is -0.333 e. The predicted octanol–water partition coefficient (Wildman–Crippen LogP) is 1.22. The fourth-order valence-electron chi connectivity index (χ4n) is 2.37. The highest BCUT2D eigenvalue weighted by atomic mass is 32.1. The Morgan fingerprint density at radius 1 is 1.50 bits per heavy atom. The van der Waals surface area contributed by atoms with Gasteiger partial charge in [0.05, 0.1) is 23.9 Å². The van der Waals surface area contributed by atoms with Crippen molar-refractivity contribution in [2.24, 2.45) is 0 Å². The molecule has 1 aromatic rings. The lowest BCUT2D eigenvalue weighted by atomic mass is 9.99. The number of likely N-dealkylation sites (N-methyl/N-ethyl adjacent to an activating group) is 1. The van der Waals surface area contributed by atoms with Crippen LogP contribution >= 0.6 is 11.3 Å².